The van der Waals surface area contributed by atoms with E-state index in [0.717, 1.165) is 52.0 Å². The maximum atomic E-state index is 12.9. The van der Waals surface area contributed by atoms with E-state index in [1.54, 1.807) is 12.3 Å². The summed E-state index contributed by atoms with van der Waals surface area (Å²) in [6.07, 6.45) is 5.50. The third-order valence-electron chi connectivity index (χ3n) is 5.73. The van der Waals surface area contributed by atoms with Crippen molar-refractivity contribution in [2.75, 3.05) is 33.4 Å². The van der Waals surface area contributed by atoms with Crippen LogP contribution >= 0.6 is 0 Å². The van der Waals surface area contributed by atoms with Gasteiger partial charge in [0.05, 0.1) is 19.4 Å². The van der Waals surface area contributed by atoms with Crippen LogP contribution in [0.4, 0.5) is 0 Å². The fraction of sp³-hybridized carbons (Fsp3) is 0.520. The van der Waals surface area contributed by atoms with Gasteiger partial charge in [0.25, 0.3) is 5.91 Å². The van der Waals surface area contributed by atoms with E-state index in [1.165, 1.54) is 16.7 Å². The predicted molar refractivity (Wildman–Crippen MR) is 123 cm³/mol. The first-order chi connectivity index (χ1) is 15.1. The Hall–Kier alpha value is -2.44. The van der Waals surface area contributed by atoms with Crippen LogP contribution in [0.2, 0.25) is 0 Å². The zero-order valence-corrected chi connectivity index (χ0v) is 19.0. The van der Waals surface area contributed by atoms with Crippen LogP contribution in [0.3, 0.4) is 0 Å². The van der Waals surface area contributed by atoms with Crippen LogP contribution in [-0.2, 0) is 24.1 Å². The average Bonchev–Trinajstić information content (AvgIpc) is 3.22. The minimum Gasteiger partial charge on any atom is -0.492 e. The minimum atomic E-state index is -0.0456. The molecule has 31 heavy (non-hydrogen) atoms. The van der Waals surface area contributed by atoms with Gasteiger partial charge in [0, 0.05) is 32.8 Å². The molecular formula is C25H35N3O3. The van der Waals surface area contributed by atoms with Gasteiger partial charge in [0.1, 0.15) is 11.4 Å². The van der Waals surface area contributed by atoms with Crippen LogP contribution in [0.15, 0.2) is 36.5 Å². The topological polar surface area (TPSA) is 63.7 Å². The fourth-order valence-corrected chi connectivity index (χ4v) is 3.83. The van der Waals surface area contributed by atoms with Crippen LogP contribution in [0, 0.1) is 0 Å². The van der Waals surface area contributed by atoms with Crippen LogP contribution in [0.1, 0.15) is 53.9 Å². The lowest BCUT2D eigenvalue weighted by Gasteiger charge is -2.24. The number of ether oxygens (including phenoxy) is 2. The molecule has 3 rings (SSSR count). The maximum Gasteiger partial charge on any atom is 0.272 e. The van der Waals surface area contributed by atoms with Gasteiger partial charge in [-0.2, -0.15) is 0 Å². The molecule has 1 heterocycles. The van der Waals surface area contributed by atoms with Gasteiger partial charge < -0.3 is 19.7 Å². The maximum absolute atomic E-state index is 12.9. The Bertz CT molecular complexity index is 838. The number of rotatable bonds is 12. The molecule has 0 radical (unpaired) electrons. The van der Waals surface area contributed by atoms with Crippen molar-refractivity contribution in [3.05, 3.63) is 58.9 Å². The van der Waals surface area contributed by atoms with Crippen LogP contribution < -0.4 is 10.1 Å². The molecule has 1 atom stereocenters. The second kappa shape index (κ2) is 11.8. The number of likely N-dealkylation sites (N-methyl/N-ethyl adjacent to an activating group) is 1. The molecule has 168 valence electrons. The molecule has 0 bridgehead atoms. The third-order valence-corrected chi connectivity index (χ3v) is 5.73. The number of nitrogens with zero attached hydrogens (tertiary/aromatic N) is 2. The Balaban J connectivity index is 1.53. The number of nitrogens with one attached hydrogen (secondary N) is 1. The Labute approximate surface area is 186 Å². The summed E-state index contributed by atoms with van der Waals surface area (Å²) in [5.41, 5.74) is 4.39. The molecule has 1 amide bonds. The smallest absolute Gasteiger partial charge is 0.272 e. The van der Waals surface area contributed by atoms with E-state index in [9.17, 15) is 4.79 Å². The zero-order valence-electron chi connectivity index (χ0n) is 19.0. The molecule has 0 fully saturated rings. The Morgan fingerprint density at radius 2 is 2.00 bits per heavy atom. The largest absolute Gasteiger partial charge is 0.492 e. The molecule has 0 saturated heterocycles. The van der Waals surface area contributed by atoms with Gasteiger partial charge in [-0.3, -0.25) is 4.79 Å². The monoisotopic (exact) mass is 425 g/mol. The Kier molecular flexibility index (Phi) is 8.85. The summed E-state index contributed by atoms with van der Waals surface area (Å²) in [7, 11) is 1.88. The molecular weight excluding hydrogens is 390 g/mol. The van der Waals surface area contributed by atoms with E-state index in [-0.39, 0.29) is 11.9 Å². The van der Waals surface area contributed by atoms with E-state index in [1.807, 2.05) is 24.9 Å². The number of carbonyl (C=O) groups excluding carboxylic acids is 1. The standard InChI is InChI=1S/C25H35N3O3/c1-4-6-12-31-23-9-10-24(27-18-23)25(29)28(3)22-15-20-8-7-19(14-21(20)16-22)17-26-11-13-30-5-2/h7-10,14,18,22,26H,4-6,11-13,15-17H2,1-3H3/t22-/m1/s1. The molecule has 6 nitrogen and oxygen atoms in total. The highest BCUT2D eigenvalue weighted by atomic mass is 16.5. The van der Waals surface area contributed by atoms with Crippen LogP contribution in [0.5, 0.6) is 5.75 Å². The van der Waals surface area contributed by atoms with Crippen LogP contribution in [-0.4, -0.2) is 55.2 Å². The third kappa shape index (κ3) is 6.52. The first-order valence-electron chi connectivity index (χ1n) is 11.4. The van der Waals surface area contributed by atoms with Gasteiger partial charge in [-0.25, -0.2) is 4.98 Å². The number of carbonyl (C=O) groups is 1. The van der Waals surface area contributed by atoms with Crippen LogP contribution in [0.25, 0.3) is 0 Å². The lowest BCUT2D eigenvalue weighted by Crippen LogP contribution is -2.38. The summed E-state index contributed by atoms with van der Waals surface area (Å²) in [5, 5.41) is 3.41. The van der Waals surface area contributed by atoms with E-state index in [0.29, 0.717) is 18.1 Å². The number of benzene rings is 1. The van der Waals surface area contributed by atoms with Gasteiger partial charge in [-0.1, -0.05) is 31.5 Å². The van der Waals surface area contributed by atoms with Crippen molar-refractivity contribution in [1.82, 2.24) is 15.2 Å². The van der Waals surface area contributed by atoms with E-state index in [2.05, 4.69) is 35.4 Å². The van der Waals surface area contributed by atoms with Crippen molar-refractivity contribution in [1.29, 1.82) is 0 Å². The number of amides is 1. The summed E-state index contributed by atoms with van der Waals surface area (Å²) in [5.74, 6) is 0.666. The average molecular weight is 426 g/mol. The fourth-order valence-electron chi connectivity index (χ4n) is 3.83. The molecule has 0 saturated carbocycles. The summed E-state index contributed by atoms with van der Waals surface area (Å²) < 4.78 is 11.0. The molecule has 1 aromatic carbocycles. The number of fused-ring (bicyclic) bond motifs is 1. The van der Waals surface area contributed by atoms with Crippen molar-refractivity contribution in [3.8, 4) is 5.75 Å². The molecule has 0 spiro atoms. The molecule has 6 heteroatoms. The molecule has 0 aliphatic heterocycles. The van der Waals surface area contributed by atoms with Crippen molar-refractivity contribution in [2.24, 2.45) is 0 Å². The predicted octanol–water partition coefficient (Wildman–Crippen LogP) is 3.63. The van der Waals surface area contributed by atoms with Gasteiger partial charge in [-0.15, -0.1) is 0 Å². The second-order valence-corrected chi connectivity index (χ2v) is 8.04. The van der Waals surface area contributed by atoms with E-state index in [4.69, 9.17) is 9.47 Å². The number of hydrogen-bond acceptors (Lipinski definition) is 5. The Morgan fingerprint density at radius 3 is 2.74 bits per heavy atom. The molecule has 1 aromatic heterocycles. The van der Waals surface area contributed by atoms with E-state index < -0.39 is 0 Å². The zero-order chi connectivity index (χ0) is 22.1. The molecule has 2 aromatic rings. The summed E-state index contributed by atoms with van der Waals surface area (Å²) in [6.45, 7) is 7.97. The molecule has 1 aliphatic rings. The lowest BCUT2D eigenvalue weighted by atomic mass is 10.1. The van der Waals surface area contributed by atoms with Crippen molar-refractivity contribution in [2.45, 2.75) is 52.1 Å². The summed E-state index contributed by atoms with van der Waals surface area (Å²) >= 11 is 0. The van der Waals surface area contributed by atoms with Gasteiger partial charge in [0.2, 0.25) is 0 Å². The summed E-state index contributed by atoms with van der Waals surface area (Å²) in [6, 6.07) is 10.4. The second-order valence-electron chi connectivity index (χ2n) is 8.04. The first-order valence-corrected chi connectivity index (χ1v) is 11.4. The van der Waals surface area contributed by atoms with Crippen molar-refractivity contribution < 1.29 is 14.3 Å². The number of pyridine rings is 1. The van der Waals surface area contributed by atoms with Crippen molar-refractivity contribution >= 4 is 5.91 Å². The van der Waals surface area contributed by atoms with E-state index >= 15 is 0 Å². The van der Waals surface area contributed by atoms with Crippen molar-refractivity contribution in [3.63, 3.8) is 0 Å². The first kappa shape index (κ1) is 23.2. The quantitative estimate of drug-likeness (QED) is 0.526. The SMILES string of the molecule is CCCCOc1ccc(C(=O)N(C)[C@@H]2Cc3ccc(CNCCOCC)cc3C2)nc1. The van der Waals surface area contributed by atoms with Gasteiger partial charge >= 0.3 is 0 Å². The summed E-state index contributed by atoms with van der Waals surface area (Å²) in [4.78, 5) is 19.1. The number of aromatic nitrogens is 1. The minimum absolute atomic E-state index is 0.0456. The lowest BCUT2D eigenvalue weighted by molar-refractivity contribution is 0.0731. The Morgan fingerprint density at radius 1 is 1.16 bits per heavy atom. The van der Waals surface area contributed by atoms with Gasteiger partial charge in [0.15, 0.2) is 0 Å². The number of hydrogen-bond donors (Lipinski definition) is 1. The molecule has 0 unspecified atom stereocenters. The molecule has 1 N–H and O–H groups in total. The van der Waals surface area contributed by atoms with Gasteiger partial charge in [-0.05, 0) is 55.0 Å². The highest BCUT2D eigenvalue weighted by Crippen LogP contribution is 2.27. The highest BCUT2D eigenvalue weighted by molar-refractivity contribution is 5.92. The molecule has 1 aliphatic carbocycles. The number of unbranched alkanes of at least 4 members (excludes halogenated alkanes) is 1. The normalized spacial score (nSPS) is 15.0. The highest BCUT2D eigenvalue weighted by Gasteiger charge is 2.28.